The number of hydrogen-bond acceptors (Lipinski definition) is 3. The number of benzene rings is 2. The normalized spacial score (nSPS) is 15.4. The number of fused-ring (bicyclic) bond motifs is 2. The van der Waals surface area contributed by atoms with Crippen molar-refractivity contribution in [3.8, 4) is 0 Å². The Kier molecular flexibility index (Phi) is 3.89. The van der Waals surface area contributed by atoms with E-state index in [1.165, 1.54) is 16.7 Å². The lowest BCUT2D eigenvalue weighted by Crippen LogP contribution is -2.31. The van der Waals surface area contributed by atoms with Gasteiger partial charge in [0.15, 0.2) is 0 Å². The first-order chi connectivity index (χ1) is 13.3. The van der Waals surface area contributed by atoms with E-state index in [0.29, 0.717) is 5.56 Å². The first-order valence-electron chi connectivity index (χ1n) is 9.47. The average molecular weight is 355 g/mol. The number of aromatic nitrogens is 1. The maximum Gasteiger partial charge on any atom is 0.259 e. The van der Waals surface area contributed by atoms with Crippen LogP contribution < -0.4 is 9.80 Å². The standard InChI is InChI=1S/C23H21N3O/c27-23(26-14-12-18-6-3-4-8-21(18)26)19-9-10-22(24-15-19)25-13-11-17-5-1-2-7-20(17)16-25/h1-10,15H,11-14,16H2. The summed E-state index contributed by atoms with van der Waals surface area (Å²) in [5.74, 6) is 0.964. The molecule has 2 aliphatic rings. The molecule has 1 aromatic heterocycles. The van der Waals surface area contributed by atoms with Crippen LogP contribution in [-0.2, 0) is 19.4 Å². The quantitative estimate of drug-likeness (QED) is 0.701. The zero-order valence-corrected chi connectivity index (χ0v) is 15.1. The van der Waals surface area contributed by atoms with Gasteiger partial charge in [0.05, 0.1) is 5.56 Å². The van der Waals surface area contributed by atoms with Crippen molar-refractivity contribution in [1.82, 2.24) is 4.98 Å². The van der Waals surface area contributed by atoms with Gasteiger partial charge in [0.25, 0.3) is 5.91 Å². The van der Waals surface area contributed by atoms with Crippen LogP contribution in [-0.4, -0.2) is 24.0 Å². The highest BCUT2D eigenvalue weighted by atomic mass is 16.2. The van der Waals surface area contributed by atoms with Gasteiger partial charge in [0, 0.05) is 31.5 Å². The van der Waals surface area contributed by atoms with Gasteiger partial charge in [-0.25, -0.2) is 4.98 Å². The minimum absolute atomic E-state index is 0.0305. The Hall–Kier alpha value is -3.14. The number of carbonyl (C=O) groups excluding carboxylic acids is 1. The number of anilines is 2. The number of para-hydroxylation sites is 1. The monoisotopic (exact) mass is 355 g/mol. The van der Waals surface area contributed by atoms with Crippen LogP contribution in [0.1, 0.15) is 27.0 Å². The third-order valence-electron chi connectivity index (χ3n) is 5.58. The lowest BCUT2D eigenvalue weighted by molar-refractivity contribution is 0.0989. The van der Waals surface area contributed by atoms with Crippen LogP contribution in [0.25, 0.3) is 0 Å². The van der Waals surface area contributed by atoms with Crippen molar-refractivity contribution in [3.05, 3.63) is 89.1 Å². The third-order valence-corrected chi connectivity index (χ3v) is 5.58. The summed E-state index contributed by atoms with van der Waals surface area (Å²) in [6, 6.07) is 20.6. The molecule has 4 nitrogen and oxygen atoms in total. The van der Waals surface area contributed by atoms with Crippen molar-refractivity contribution in [2.45, 2.75) is 19.4 Å². The molecule has 0 fully saturated rings. The predicted octanol–water partition coefficient (Wildman–Crippen LogP) is 3.85. The highest BCUT2D eigenvalue weighted by Gasteiger charge is 2.25. The summed E-state index contributed by atoms with van der Waals surface area (Å²) in [4.78, 5) is 21.7. The molecular formula is C23H21N3O. The van der Waals surface area contributed by atoms with E-state index < -0.39 is 0 Å². The smallest absolute Gasteiger partial charge is 0.259 e. The summed E-state index contributed by atoms with van der Waals surface area (Å²) < 4.78 is 0. The van der Waals surface area contributed by atoms with Crippen LogP contribution in [0, 0.1) is 0 Å². The molecule has 0 radical (unpaired) electrons. The van der Waals surface area contributed by atoms with Gasteiger partial charge in [-0.1, -0.05) is 42.5 Å². The third kappa shape index (κ3) is 2.87. The van der Waals surface area contributed by atoms with Crippen molar-refractivity contribution in [2.24, 2.45) is 0 Å². The second-order valence-corrected chi connectivity index (χ2v) is 7.18. The molecule has 0 atom stereocenters. The number of rotatable bonds is 2. The van der Waals surface area contributed by atoms with E-state index in [0.717, 1.165) is 44.0 Å². The second-order valence-electron chi connectivity index (χ2n) is 7.18. The largest absolute Gasteiger partial charge is 0.352 e. The SMILES string of the molecule is O=C(c1ccc(N2CCc3ccccc3C2)nc1)N1CCc2ccccc21. The van der Waals surface area contributed by atoms with E-state index in [1.54, 1.807) is 6.20 Å². The van der Waals surface area contributed by atoms with Crippen molar-refractivity contribution in [3.63, 3.8) is 0 Å². The van der Waals surface area contributed by atoms with Gasteiger partial charge in [-0.05, 0) is 47.7 Å². The van der Waals surface area contributed by atoms with Crippen molar-refractivity contribution in [1.29, 1.82) is 0 Å². The average Bonchev–Trinajstić information content (AvgIpc) is 3.17. The molecular weight excluding hydrogens is 334 g/mol. The summed E-state index contributed by atoms with van der Waals surface area (Å²) in [7, 11) is 0. The molecule has 5 rings (SSSR count). The summed E-state index contributed by atoms with van der Waals surface area (Å²) >= 11 is 0. The lowest BCUT2D eigenvalue weighted by Gasteiger charge is -2.29. The zero-order chi connectivity index (χ0) is 18.2. The van der Waals surface area contributed by atoms with Gasteiger partial charge in [-0.2, -0.15) is 0 Å². The molecule has 1 amide bonds. The minimum atomic E-state index is 0.0305. The van der Waals surface area contributed by atoms with Crippen LogP contribution in [0.15, 0.2) is 66.9 Å². The minimum Gasteiger partial charge on any atom is -0.352 e. The van der Waals surface area contributed by atoms with Crippen LogP contribution in [0.2, 0.25) is 0 Å². The van der Waals surface area contributed by atoms with E-state index in [4.69, 9.17) is 0 Å². The molecule has 0 N–H and O–H groups in total. The predicted molar refractivity (Wildman–Crippen MR) is 107 cm³/mol. The summed E-state index contributed by atoms with van der Waals surface area (Å²) in [5, 5.41) is 0. The number of nitrogens with zero attached hydrogens (tertiary/aromatic N) is 3. The van der Waals surface area contributed by atoms with E-state index >= 15 is 0 Å². The highest BCUT2D eigenvalue weighted by Crippen LogP contribution is 2.29. The lowest BCUT2D eigenvalue weighted by atomic mass is 10.00. The summed E-state index contributed by atoms with van der Waals surface area (Å²) in [5.41, 5.74) is 5.70. The molecule has 0 saturated carbocycles. The molecule has 0 unspecified atom stereocenters. The Morgan fingerprint density at radius 1 is 0.815 bits per heavy atom. The van der Waals surface area contributed by atoms with Gasteiger partial charge in [-0.3, -0.25) is 4.79 Å². The van der Waals surface area contributed by atoms with E-state index in [9.17, 15) is 4.79 Å². The summed E-state index contributed by atoms with van der Waals surface area (Å²) in [6.45, 7) is 2.57. The molecule has 2 aliphatic heterocycles. The highest BCUT2D eigenvalue weighted by molar-refractivity contribution is 6.07. The van der Waals surface area contributed by atoms with E-state index in [2.05, 4.69) is 40.2 Å². The fourth-order valence-electron chi connectivity index (χ4n) is 4.10. The molecule has 3 aromatic rings. The van der Waals surface area contributed by atoms with Crippen LogP contribution in [0.4, 0.5) is 11.5 Å². The molecule has 0 bridgehead atoms. The number of carbonyl (C=O) groups is 1. The van der Waals surface area contributed by atoms with E-state index in [-0.39, 0.29) is 5.91 Å². The second kappa shape index (κ2) is 6.54. The molecule has 2 aromatic carbocycles. The van der Waals surface area contributed by atoms with Gasteiger partial charge in [-0.15, -0.1) is 0 Å². The van der Waals surface area contributed by atoms with Crippen LogP contribution in [0.5, 0.6) is 0 Å². The number of pyridine rings is 1. The maximum absolute atomic E-state index is 12.9. The summed E-state index contributed by atoms with van der Waals surface area (Å²) in [6.07, 6.45) is 3.67. The molecule has 0 aliphatic carbocycles. The molecule has 4 heteroatoms. The maximum atomic E-state index is 12.9. The Bertz CT molecular complexity index is 997. The van der Waals surface area contributed by atoms with Crippen LogP contribution in [0.3, 0.4) is 0 Å². The molecule has 134 valence electrons. The Labute approximate surface area is 159 Å². The zero-order valence-electron chi connectivity index (χ0n) is 15.1. The first kappa shape index (κ1) is 16.1. The topological polar surface area (TPSA) is 36.4 Å². The fraction of sp³-hybridized carbons (Fsp3) is 0.217. The molecule has 3 heterocycles. The van der Waals surface area contributed by atoms with Gasteiger partial charge < -0.3 is 9.80 Å². The fourth-order valence-corrected chi connectivity index (χ4v) is 4.10. The number of amides is 1. The Balaban J connectivity index is 1.35. The van der Waals surface area contributed by atoms with Crippen molar-refractivity contribution < 1.29 is 4.79 Å². The van der Waals surface area contributed by atoms with Gasteiger partial charge in [0.1, 0.15) is 5.82 Å². The van der Waals surface area contributed by atoms with Crippen molar-refractivity contribution in [2.75, 3.05) is 22.9 Å². The van der Waals surface area contributed by atoms with Crippen molar-refractivity contribution >= 4 is 17.4 Å². The van der Waals surface area contributed by atoms with Crippen LogP contribution >= 0.6 is 0 Å². The number of hydrogen-bond donors (Lipinski definition) is 0. The Morgan fingerprint density at radius 2 is 1.56 bits per heavy atom. The van der Waals surface area contributed by atoms with Gasteiger partial charge in [0.2, 0.25) is 0 Å². The Morgan fingerprint density at radius 3 is 2.37 bits per heavy atom. The van der Waals surface area contributed by atoms with E-state index in [1.807, 2.05) is 35.2 Å². The molecule has 27 heavy (non-hydrogen) atoms. The first-order valence-corrected chi connectivity index (χ1v) is 9.47. The molecule has 0 spiro atoms. The molecule has 0 saturated heterocycles. The van der Waals surface area contributed by atoms with Gasteiger partial charge >= 0.3 is 0 Å².